The van der Waals surface area contributed by atoms with Gasteiger partial charge in [-0.2, -0.15) is 0 Å². The van der Waals surface area contributed by atoms with Crippen LogP contribution >= 0.6 is 23.5 Å². The second-order valence-electron chi connectivity index (χ2n) is 7.62. The summed E-state index contributed by atoms with van der Waals surface area (Å²) in [6.45, 7) is 2.35. The molecule has 162 valence electrons. The molecular weight excluding hydrogens is 432 g/mol. The van der Waals surface area contributed by atoms with Gasteiger partial charge in [-0.05, 0) is 29.8 Å². The fraction of sp³-hybridized carbons (Fsp3) is 0.391. The number of rotatable bonds is 3. The Balaban J connectivity index is 1.38. The molecule has 0 spiro atoms. The minimum absolute atomic E-state index is 0.0961. The topological polar surface area (TPSA) is 59.1 Å². The molecule has 8 heteroatoms. The van der Waals surface area contributed by atoms with Gasteiger partial charge < -0.3 is 19.3 Å². The van der Waals surface area contributed by atoms with Gasteiger partial charge in [0.2, 0.25) is 0 Å². The summed E-state index contributed by atoms with van der Waals surface area (Å²) >= 11 is 3.89. The highest BCUT2D eigenvalue weighted by Crippen LogP contribution is 2.45. The van der Waals surface area contributed by atoms with Crippen molar-refractivity contribution >= 4 is 41.0 Å². The lowest BCUT2D eigenvalue weighted by Crippen LogP contribution is -2.54. The molecule has 0 saturated carbocycles. The number of thioether (sulfide) groups is 2. The smallest absolute Gasteiger partial charge is 0.265 e. The molecule has 0 aliphatic carbocycles. The summed E-state index contributed by atoms with van der Waals surface area (Å²) in [6.07, 6.45) is -0.720. The first-order chi connectivity index (χ1) is 15.2. The first-order valence-corrected chi connectivity index (χ1v) is 12.6. The second-order valence-corrected chi connectivity index (χ2v) is 10.3. The number of morpholine rings is 1. The van der Waals surface area contributed by atoms with E-state index in [1.807, 2.05) is 72.1 Å². The van der Waals surface area contributed by atoms with Crippen LogP contribution in [0.4, 0.5) is 5.69 Å². The zero-order valence-corrected chi connectivity index (χ0v) is 18.7. The average Bonchev–Trinajstić information content (AvgIpc) is 3.38. The molecule has 3 aliphatic rings. The lowest BCUT2D eigenvalue weighted by atomic mass is 10.1. The fourth-order valence-corrected chi connectivity index (χ4v) is 6.89. The van der Waals surface area contributed by atoms with Crippen LogP contribution in [0, 0.1) is 0 Å². The summed E-state index contributed by atoms with van der Waals surface area (Å²) in [4.78, 5) is 30.0. The van der Waals surface area contributed by atoms with Crippen molar-refractivity contribution in [2.45, 2.75) is 10.7 Å². The van der Waals surface area contributed by atoms with Crippen LogP contribution in [0.2, 0.25) is 0 Å². The Morgan fingerprint density at radius 3 is 2.39 bits per heavy atom. The van der Waals surface area contributed by atoms with Crippen LogP contribution in [0.5, 0.6) is 5.75 Å². The van der Waals surface area contributed by atoms with Crippen molar-refractivity contribution < 1.29 is 19.1 Å². The Morgan fingerprint density at radius 1 is 0.935 bits per heavy atom. The summed E-state index contributed by atoms with van der Waals surface area (Å²) < 4.78 is 11.8. The highest BCUT2D eigenvalue weighted by atomic mass is 32.2. The number of carbonyl (C=O) groups is 2. The Morgan fingerprint density at radius 2 is 1.65 bits per heavy atom. The minimum Gasteiger partial charge on any atom is -0.476 e. The van der Waals surface area contributed by atoms with E-state index < -0.39 is 6.10 Å². The van der Waals surface area contributed by atoms with Crippen LogP contribution in [0.3, 0.4) is 0 Å². The normalized spacial score (nSPS) is 21.5. The van der Waals surface area contributed by atoms with Crippen LogP contribution in [-0.4, -0.2) is 67.2 Å². The third kappa shape index (κ3) is 4.29. The fourth-order valence-electron chi connectivity index (χ4n) is 4.03. The lowest BCUT2D eigenvalue weighted by Gasteiger charge is -2.37. The molecular formula is C23H24N2O4S2. The van der Waals surface area contributed by atoms with Crippen LogP contribution in [-0.2, 0) is 9.53 Å². The number of ether oxygens (including phenoxy) is 2. The van der Waals surface area contributed by atoms with E-state index in [0.717, 1.165) is 0 Å². The van der Waals surface area contributed by atoms with Crippen LogP contribution in [0.1, 0.15) is 20.5 Å². The van der Waals surface area contributed by atoms with Crippen molar-refractivity contribution in [1.29, 1.82) is 0 Å². The maximum Gasteiger partial charge on any atom is 0.265 e. The second kappa shape index (κ2) is 9.14. The number of amides is 2. The Labute approximate surface area is 190 Å². The molecule has 31 heavy (non-hydrogen) atoms. The molecule has 0 aromatic heterocycles. The molecule has 2 fully saturated rings. The van der Waals surface area contributed by atoms with Gasteiger partial charge in [-0.15, -0.1) is 23.5 Å². The van der Waals surface area contributed by atoms with Gasteiger partial charge in [0, 0.05) is 30.2 Å². The van der Waals surface area contributed by atoms with Crippen molar-refractivity contribution in [3.05, 3.63) is 59.7 Å². The average molecular weight is 457 g/mol. The Bertz CT molecular complexity index is 956. The summed E-state index contributed by atoms with van der Waals surface area (Å²) in [5.74, 6) is 2.68. The van der Waals surface area contributed by atoms with Crippen molar-refractivity contribution in [3.63, 3.8) is 0 Å². The van der Waals surface area contributed by atoms with Crippen molar-refractivity contribution in [1.82, 2.24) is 4.90 Å². The lowest BCUT2D eigenvalue weighted by molar-refractivity contribution is -0.142. The molecule has 3 aliphatic heterocycles. The van der Waals surface area contributed by atoms with E-state index in [4.69, 9.17) is 9.47 Å². The molecule has 2 saturated heterocycles. The van der Waals surface area contributed by atoms with Gasteiger partial charge >= 0.3 is 0 Å². The van der Waals surface area contributed by atoms with Crippen LogP contribution in [0.25, 0.3) is 0 Å². The standard InChI is InChI=1S/C23H24N2O4S2/c26-21(16-5-7-17(8-6-16)23-30-13-14-31-23)25-15-20(22(27)24-9-11-28-12-10-24)29-19-4-2-1-3-18(19)25/h1-8,20,23H,9-15H2. The van der Waals surface area contributed by atoms with E-state index in [9.17, 15) is 9.59 Å². The third-order valence-corrected chi connectivity index (χ3v) is 8.77. The maximum absolute atomic E-state index is 13.5. The molecule has 5 rings (SSSR count). The molecule has 0 bridgehead atoms. The zero-order chi connectivity index (χ0) is 21.2. The molecule has 0 radical (unpaired) electrons. The first kappa shape index (κ1) is 20.7. The van der Waals surface area contributed by atoms with E-state index in [2.05, 4.69) is 0 Å². The van der Waals surface area contributed by atoms with Gasteiger partial charge in [0.15, 0.2) is 6.10 Å². The predicted octanol–water partition coefficient (Wildman–Crippen LogP) is 3.43. The summed E-state index contributed by atoms with van der Waals surface area (Å²) in [6, 6.07) is 15.3. The van der Waals surface area contributed by atoms with Crippen LogP contribution < -0.4 is 9.64 Å². The van der Waals surface area contributed by atoms with Gasteiger partial charge in [-0.1, -0.05) is 24.3 Å². The number of benzene rings is 2. The number of carbonyl (C=O) groups excluding carboxylic acids is 2. The monoisotopic (exact) mass is 456 g/mol. The van der Waals surface area contributed by atoms with Crippen molar-refractivity contribution in [2.24, 2.45) is 0 Å². The van der Waals surface area contributed by atoms with Crippen molar-refractivity contribution in [3.8, 4) is 5.75 Å². The van der Waals surface area contributed by atoms with Gasteiger partial charge in [0.05, 0.1) is 30.0 Å². The molecule has 1 unspecified atom stereocenters. The first-order valence-electron chi connectivity index (χ1n) is 10.5. The summed E-state index contributed by atoms with van der Waals surface area (Å²) in [5, 5.41) is 0. The van der Waals surface area contributed by atoms with E-state index in [1.54, 1.807) is 9.80 Å². The number of nitrogens with zero attached hydrogens (tertiary/aromatic N) is 2. The van der Waals surface area contributed by atoms with Crippen LogP contribution in [0.15, 0.2) is 48.5 Å². The van der Waals surface area contributed by atoms with Gasteiger partial charge in [0.25, 0.3) is 11.8 Å². The molecule has 2 aromatic carbocycles. The molecule has 6 nitrogen and oxygen atoms in total. The number of hydrogen-bond donors (Lipinski definition) is 0. The molecule has 2 amide bonds. The number of para-hydroxylation sites is 2. The molecule has 2 aromatic rings. The van der Waals surface area contributed by atoms with Gasteiger partial charge in [-0.3, -0.25) is 9.59 Å². The number of anilines is 1. The SMILES string of the molecule is O=C(C1CN(C(=O)c2ccc(C3SCCS3)cc2)c2ccccc2O1)N1CCOCC1. The van der Waals surface area contributed by atoms with Gasteiger partial charge in [0.1, 0.15) is 5.75 Å². The van der Waals surface area contributed by atoms with Gasteiger partial charge in [-0.25, -0.2) is 0 Å². The molecule has 0 N–H and O–H groups in total. The highest BCUT2D eigenvalue weighted by molar-refractivity contribution is 8.19. The quantitative estimate of drug-likeness (QED) is 0.705. The van der Waals surface area contributed by atoms with E-state index >= 15 is 0 Å². The maximum atomic E-state index is 13.5. The number of hydrogen-bond acceptors (Lipinski definition) is 6. The highest BCUT2D eigenvalue weighted by Gasteiger charge is 2.36. The largest absolute Gasteiger partial charge is 0.476 e. The van der Waals surface area contributed by atoms with E-state index in [0.29, 0.717) is 47.9 Å². The Kier molecular flexibility index (Phi) is 6.11. The summed E-state index contributed by atoms with van der Waals surface area (Å²) in [7, 11) is 0. The number of fused-ring (bicyclic) bond motifs is 1. The van der Waals surface area contributed by atoms with Crippen molar-refractivity contribution in [2.75, 3.05) is 49.3 Å². The zero-order valence-electron chi connectivity index (χ0n) is 17.1. The molecule has 3 heterocycles. The third-order valence-electron chi connectivity index (χ3n) is 5.67. The predicted molar refractivity (Wildman–Crippen MR) is 124 cm³/mol. The van der Waals surface area contributed by atoms with E-state index in [-0.39, 0.29) is 18.4 Å². The molecule has 1 atom stereocenters. The van der Waals surface area contributed by atoms with E-state index in [1.165, 1.54) is 17.1 Å². The summed E-state index contributed by atoms with van der Waals surface area (Å²) in [5.41, 5.74) is 2.56. The Hall–Kier alpha value is -2.16. The minimum atomic E-state index is -0.720.